The van der Waals surface area contributed by atoms with Crippen molar-refractivity contribution in [3.63, 3.8) is 0 Å². The largest absolute Gasteiger partial charge is 0.386 e. The first kappa shape index (κ1) is 14.7. The number of aliphatic hydroxyl groups excluding tert-OH is 1. The Morgan fingerprint density at radius 1 is 1.38 bits per heavy atom. The van der Waals surface area contributed by atoms with Gasteiger partial charge in [-0.25, -0.2) is 8.42 Å². The smallest absolute Gasteiger partial charge is 0.232 e. The topological polar surface area (TPSA) is 79.4 Å². The lowest BCUT2D eigenvalue weighted by Gasteiger charge is -2.19. The van der Waals surface area contributed by atoms with Gasteiger partial charge in [-0.1, -0.05) is 23.8 Å². The van der Waals surface area contributed by atoms with Crippen molar-refractivity contribution in [1.29, 1.82) is 0 Å². The molecule has 21 heavy (non-hydrogen) atoms. The Morgan fingerprint density at radius 3 is 2.38 bits per heavy atom. The standard InChI is InChI=1S/C15H18O5S/c1-4-12-15(20-12,14(16)13-10(3)19-13)21(17,18)11-7-5-9(2)6-8-11/h4-8,10,12-14,16H,1H2,2-3H3/t10-,12-,13+,14+,15+/m0/s1. The number of aliphatic hydroxyl groups is 1. The molecule has 2 fully saturated rings. The van der Waals surface area contributed by atoms with E-state index in [1.165, 1.54) is 18.2 Å². The Bertz CT molecular complexity index is 666. The third kappa shape index (κ3) is 2.05. The van der Waals surface area contributed by atoms with E-state index in [1.807, 2.05) is 6.92 Å². The van der Waals surface area contributed by atoms with Gasteiger partial charge in [-0.15, -0.1) is 6.58 Å². The summed E-state index contributed by atoms with van der Waals surface area (Å²) >= 11 is 0. The van der Waals surface area contributed by atoms with Gasteiger partial charge in [0.15, 0.2) is 0 Å². The Balaban J connectivity index is 2.01. The van der Waals surface area contributed by atoms with Gasteiger partial charge in [-0.2, -0.15) is 0 Å². The highest BCUT2D eigenvalue weighted by Crippen LogP contribution is 2.51. The molecule has 6 heteroatoms. The van der Waals surface area contributed by atoms with Gasteiger partial charge in [-0.3, -0.25) is 0 Å². The molecule has 2 aliphatic rings. The van der Waals surface area contributed by atoms with Gasteiger partial charge in [0.25, 0.3) is 0 Å². The summed E-state index contributed by atoms with van der Waals surface area (Å²) in [5.74, 6) is 0. The predicted octanol–water partition coefficient (Wildman–Crippen LogP) is 1.20. The quantitative estimate of drug-likeness (QED) is 0.653. The van der Waals surface area contributed by atoms with Gasteiger partial charge in [0.2, 0.25) is 14.8 Å². The maximum atomic E-state index is 12.9. The lowest BCUT2D eigenvalue weighted by atomic mass is 10.1. The van der Waals surface area contributed by atoms with E-state index in [-0.39, 0.29) is 11.0 Å². The highest BCUT2D eigenvalue weighted by molar-refractivity contribution is 7.93. The van der Waals surface area contributed by atoms with Crippen LogP contribution >= 0.6 is 0 Å². The minimum atomic E-state index is -3.86. The van der Waals surface area contributed by atoms with Crippen LogP contribution in [0.2, 0.25) is 0 Å². The number of ether oxygens (including phenoxy) is 2. The van der Waals surface area contributed by atoms with E-state index in [1.54, 1.807) is 19.1 Å². The number of hydrogen-bond donors (Lipinski definition) is 1. The van der Waals surface area contributed by atoms with Crippen LogP contribution in [0.4, 0.5) is 0 Å². The van der Waals surface area contributed by atoms with Crippen LogP contribution in [0, 0.1) is 6.92 Å². The van der Waals surface area contributed by atoms with Gasteiger partial charge in [0, 0.05) is 0 Å². The van der Waals surface area contributed by atoms with Crippen molar-refractivity contribution in [2.24, 2.45) is 0 Å². The zero-order valence-electron chi connectivity index (χ0n) is 11.9. The molecule has 2 saturated heterocycles. The summed E-state index contributed by atoms with van der Waals surface area (Å²) < 4.78 is 36.4. The first-order valence-electron chi connectivity index (χ1n) is 6.80. The molecule has 2 aliphatic heterocycles. The summed E-state index contributed by atoms with van der Waals surface area (Å²) in [4.78, 5) is -1.55. The van der Waals surface area contributed by atoms with Crippen molar-refractivity contribution in [3.05, 3.63) is 42.5 Å². The molecule has 1 N–H and O–H groups in total. The summed E-state index contributed by atoms with van der Waals surface area (Å²) in [6.45, 7) is 7.24. The molecule has 5 nitrogen and oxygen atoms in total. The van der Waals surface area contributed by atoms with Crippen molar-refractivity contribution < 1.29 is 23.0 Å². The third-order valence-corrected chi connectivity index (χ3v) is 6.40. The number of aryl methyl sites for hydroxylation is 1. The molecule has 5 atom stereocenters. The van der Waals surface area contributed by atoms with Gasteiger partial charge in [-0.05, 0) is 26.0 Å². The molecule has 0 radical (unpaired) electrons. The van der Waals surface area contributed by atoms with Crippen LogP contribution in [0.25, 0.3) is 0 Å². The minimum absolute atomic E-state index is 0.129. The molecule has 0 bridgehead atoms. The molecule has 0 spiro atoms. The summed E-state index contributed by atoms with van der Waals surface area (Å²) in [6.07, 6.45) is -1.24. The first-order chi connectivity index (χ1) is 9.84. The fourth-order valence-electron chi connectivity index (χ4n) is 2.65. The predicted molar refractivity (Wildman–Crippen MR) is 76.5 cm³/mol. The fraction of sp³-hybridized carbons (Fsp3) is 0.467. The zero-order valence-corrected chi connectivity index (χ0v) is 12.7. The van der Waals surface area contributed by atoms with Crippen molar-refractivity contribution in [2.75, 3.05) is 0 Å². The van der Waals surface area contributed by atoms with Crippen LogP contribution in [-0.4, -0.2) is 42.9 Å². The van der Waals surface area contributed by atoms with Crippen molar-refractivity contribution in [3.8, 4) is 0 Å². The molecule has 114 valence electrons. The second kappa shape index (κ2) is 4.64. The molecule has 3 rings (SSSR count). The summed E-state index contributed by atoms with van der Waals surface area (Å²) in [6, 6.07) is 6.49. The Hall–Kier alpha value is -1.21. The van der Waals surface area contributed by atoms with Crippen LogP contribution in [0.1, 0.15) is 12.5 Å². The monoisotopic (exact) mass is 310 g/mol. The van der Waals surface area contributed by atoms with Crippen molar-refractivity contribution in [2.45, 2.75) is 48.1 Å². The van der Waals surface area contributed by atoms with E-state index in [2.05, 4.69) is 6.58 Å². The maximum absolute atomic E-state index is 12.9. The first-order valence-corrected chi connectivity index (χ1v) is 8.28. The van der Waals surface area contributed by atoms with Crippen LogP contribution in [0.15, 0.2) is 41.8 Å². The number of epoxide rings is 2. The molecular weight excluding hydrogens is 292 g/mol. The number of sulfone groups is 1. The van der Waals surface area contributed by atoms with Crippen LogP contribution in [0.3, 0.4) is 0 Å². The molecular formula is C15H18O5S. The molecule has 1 aromatic rings. The van der Waals surface area contributed by atoms with Gasteiger partial charge < -0.3 is 14.6 Å². The average molecular weight is 310 g/mol. The Labute approximate surface area is 124 Å². The number of hydrogen-bond acceptors (Lipinski definition) is 5. The van der Waals surface area contributed by atoms with E-state index < -0.39 is 33.1 Å². The molecule has 0 aromatic heterocycles. The molecule has 0 amide bonds. The van der Waals surface area contributed by atoms with Crippen LogP contribution in [0.5, 0.6) is 0 Å². The number of rotatable bonds is 5. The highest BCUT2D eigenvalue weighted by atomic mass is 32.2. The normalized spacial score (nSPS) is 36.0. The van der Waals surface area contributed by atoms with E-state index >= 15 is 0 Å². The second-order valence-corrected chi connectivity index (χ2v) is 7.68. The van der Waals surface area contributed by atoms with E-state index in [0.717, 1.165) is 5.56 Å². The lowest BCUT2D eigenvalue weighted by Crippen LogP contribution is -2.43. The van der Waals surface area contributed by atoms with Crippen molar-refractivity contribution >= 4 is 9.84 Å². The summed E-state index contributed by atoms with van der Waals surface area (Å²) in [5, 5.41) is 10.4. The SMILES string of the molecule is C=C[C@@H]1O[C@@]1([C@H](O)[C@@H]1O[C@H]1C)S(=O)(=O)c1ccc(C)cc1. The number of benzene rings is 1. The average Bonchev–Trinajstić information content (AvgIpc) is 3.33. The highest BCUT2D eigenvalue weighted by Gasteiger charge is 2.73. The van der Waals surface area contributed by atoms with E-state index in [4.69, 9.17) is 9.47 Å². The minimum Gasteiger partial charge on any atom is -0.386 e. The summed E-state index contributed by atoms with van der Waals surface area (Å²) in [5.41, 5.74) is 0.958. The molecule has 2 heterocycles. The van der Waals surface area contributed by atoms with E-state index in [0.29, 0.717) is 0 Å². The second-order valence-electron chi connectivity index (χ2n) is 5.56. The van der Waals surface area contributed by atoms with Gasteiger partial charge >= 0.3 is 0 Å². The van der Waals surface area contributed by atoms with Crippen LogP contribution < -0.4 is 0 Å². The zero-order chi connectivity index (χ0) is 15.4. The van der Waals surface area contributed by atoms with Crippen molar-refractivity contribution in [1.82, 2.24) is 0 Å². The third-order valence-electron chi connectivity index (χ3n) is 4.10. The van der Waals surface area contributed by atoms with Crippen LogP contribution in [-0.2, 0) is 19.3 Å². The Morgan fingerprint density at radius 2 is 1.95 bits per heavy atom. The maximum Gasteiger partial charge on any atom is 0.232 e. The molecule has 0 aliphatic carbocycles. The molecule has 0 unspecified atom stereocenters. The van der Waals surface area contributed by atoms with Gasteiger partial charge in [0.05, 0.1) is 11.0 Å². The summed E-state index contributed by atoms with van der Waals surface area (Å²) in [7, 11) is -3.86. The molecule has 0 saturated carbocycles. The lowest BCUT2D eigenvalue weighted by molar-refractivity contribution is 0.0856. The fourth-order valence-corrected chi connectivity index (χ4v) is 4.60. The van der Waals surface area contributed by atoms with E-state index in [9.17, 15) is 13.5 Å². The molecule has 1 aromatic carbocycles. The Kier molecular flexibility index (Phi) is 3.25. The van der Waals surface area contributed by atoms with Gasteiger partial charge in [0.1, 0.15) is 18.3 Å².